The summed E-state index contributed by atoms with van der Waals surface area (Å²) in [6, 6.07) is 0. The molecule has 0 spiro atoms. The highest BCUT2D eigenvalue weighted by Gasteiger charge is 2.27. The molecule has 4 heteroatoms. The summed E-state index contributed by atoms with van der Waals surface area (Å²) in [7, 11) is 1.69. The van der Waals surface area contributed by atoms with Crippen LogP contribution in [0.15, 0.2) is 0 Å². The smallest absolute Gasteiger partial charge is 0.223 e. The van der Waals surface area contributed by atoms with E-state index in [9.17, 15) is 4.79 Å². The van der Waals surface area contributed by atoms with Crippen molar-refractivity contribution in [3.05, 3.63) is 0 Å². The van der Waals surface area contributed by atoms with Crippen LogP contribution in [0.1, 0.15) is 33.6 Å². The van der Waals surface area contributed by atoms with E-state index in [0.29, 0.717) is 19.8 Å². The van der Waals surface area contributed by atoms with Crippen molar-refractivity contribution in [1.29, 1.82) is 0 Å². The molecular formula is C13H25NO3. The van der Waals surface area contributed by atoms with Crippen LogP contribution in [-0.4, -0.2) is 38.9 Å². The molecule has 1 heterocycles. The Bertz CT molecular complexity index is 242. The van der Waals surface area contributed by atoms with Gasteiger partial charge in [-0.1, -0.05) is 20.8 Å². The number of hydrogen-bond donors (Lipinski definition) is 1. The van der Waals surface area contributed by atoms with Crippen LogP contribution in [0.25, 0.3) is 0 Å². The summed E-state index contributed by atoms with van der Waals surface area (Å²) in [5.74, 6) is 0.251. The van der Waals surface area contributed by atoms with Gasteiger partial charge in [0, 0.05) is 32.8 Å². The SMILES string of the molecule is CO[C@H](CNC(=O)C1CCOCC1)C(C)(C)C. The molecule has 1 atom stereocenters. The molecule has 1 aliphatic rings. The molecule has 1 rings (SSSR count). The number of methoxy groups -OCH3 is 1. The Labute approximate surface area is 104 Å². The van der Waals surface area contributed by atoms with Crippen molar-refractivity contribution in [2.24, 2.45) is 11.3 Å². The zero-order valence-corrected chi connectivity index (χ0v) is 11.4. The zero-order chi connectivity index (χ0) is 12.9. The van der Waals surface area contributed by atoms with Crippen molar-refractivity contribution >= 4 is 5.91 Å². The van der Waals surface area contributed by atoms with Crippen molar-refractivity contribution in [2.45, 2.75) is 39.7 Å². The first-order valence-corrected chi connectivity index (χ1v) is 6.33. The van der Waals surface area contributed by atoms with E-state index < -0.39 is 0 Å². The van der Waals surface area contributed by atoms with Gasteiger partial charge >= 0.3 is 0 Å². The molecule has 0 aromatic rings. The van der Waals surface area contributed by atoms with Crippen molar-refractivity contribution in [3.8, 4) is 0 Å². The zero-order valence-electron chi connectivity index (χ0n) is 11.4. The third-order valence-electron chi connectivity index (χ3n) is 3.30. The van der Waals surface area contributed by atoms with E-state index in [1.54, 1.807) is 7.11 Å². The molecule has 17 heavy (non-hydrogen) atoms. The van der Waals surface area contributed by atoms with Gasteiger partial charge in [-0.25, -0.2) is 0 Å². The van der Waals surface area contributed by atoms with Crippen LogP contribution in [0.2, 0.25) is 0 Å². The van der Waals surface area contributed by atoms with Gasteiger partial charge in [0.2, 0.25) is 5.91 Å². The second kappa shape index (κ2) is 6.36. The minimum Gasteiger partial charge on any atom is -0.381 e. The largest absolute Gasteiger partial charge is 0.381 e. The predicted molar refractivity (Wildman–Crippen MR) is 66.8 cm³/mol. The number of carbonyl (C=O) groups is 1. The second-order valence-corrected chi connectivity index (χ2v) is 5.72. The van der Waals surface area contributed by atoms with E-state index in [1.165, 1.54) is 0 Å². The number of rotatable bonds is 4. The predicted octanol–water partition coefficient (Wildman–Crippen LogP) is 1.59. The lowest BCUT2D eigenvalue weighted by Gasteiger charge is -2.30. The molecule has 0 saturated carbocycles. The number of amides is 1. The van der Waals surface area contributed by atoms with Crippen LogP contribution >= 0.6 is 0 Å². The fourth-order valence-corrected chi connectivity index (χ4v) is 2.04. The highest BCUT2D eigenvalue weighted by molar-refractivity contribution is 5.78. The Morgan fingerprint density at radius 3 is 2.47 bits per heavy atom. The average molecular weight is 243 g/mol. The van der Waals surface area contributed by atoms with Crippen LogP contribution in [0.4, 0.5) is 0 Å². The maximum atomic E-state index is 11.9. The van der Waals surface area contributed by atoms with Crippen molar-refractivity contribution in [2.75, 3.05) is 26.9 Å². The Balaban J connectivity index is 2.35. The molecule has 0 aliphatic carbocycles. The van der Waals surface area contributed by atoms with Gasteiger partial charge in [0.15, 0.2) is 0 Å². The van der Waals surface area contributed by atoms with E-state index in [2.05, 4.69) is 26.1 Å². The molecule has 0 bridgehead atoms. The topological polar surface area (TPSA) is 47.6 Å². The number of hydrogen-bond acceptors (Lipinski definition) is 3. The van der Waals surface area contributed by atoms with Crippen LogP contribution in [0.3, 0.4) is 0 Å². The normalized spacial score (nSPS) is 20.0. The van der Waals surface area contributed by atoms with Crippen molar-refractivity contribution < 1.29 is 14.3 Å². The molecule has 1 amide bonds. The quantitative estimate of drug-likeness (QED) is 0.815. The summed E-state index contributed by atoms with van der Waals surface area (Å²) < 4.78 is 10.7. The molecule has 1 fully saturated rings. The first-order valence-electron chi connectivity index (χ1n) is 6.33. The molecule has 0 unspecified atom stereocenters. The van der Waals surface area contributed by atoms with Crippen LogP contribution in [-0.2, 0) is 14.3 Å². The summed E-state index contributed by atoms with van der Waals surface area (Å²) >= 11 is 0. The van der Waals surface area contributed by atoms with Gasteiger partial charge in [0.25, 0.3) is 0 Å². The molecule has 0 aromatic carbocycles. The van der Waals surface area contributed by atoms with Gasteiger partial charge in [0.05, 0.1) is 6.10 Å². The Kier molecular flexibility index (Phi) is 5.40. The lowest BCUT2D eigenvalue weighted by atomic mass is 9.88. The molecule has 100 valence electrons. The van der Waals surface area contributed by atoms with Gasteiger partial charge < -0.3 is 14.8 Å². The fourth-order valence-electron chi connectivity index (χ4n) is 2.04. The summed E-state index contributed by atoms with van der Waals surface area (Å²) in [6.45, 7) is 8.32. The molecule has 4 nitrogen and oxygen atoms in total. The van der Waals surface area contributed by atoms with Crippen LogP contribution in [0, 0.1) is 11.3 Å². The van der Waals surface area contributed by atoms with E-state index >= 15 is 0 Å². The third-order valence-corrected chi connectivity index (χ3v) is 3.30. The molecule has 1 aliphatic heterocycles. The Hall–Kier alpha value is -0.610. The number of nitrogens with one attached hydrogen (secondary N) is 1. The summed E-state index contributed by atoms with van der Waals surface area (Å²) in [6.07, 6.45) is 1.71. The summed E-state index contributed by atoms with van der Waals surface area (Å²) in [5, 5.41) is 2.99. The fraction of sp³-hybridized carbons (Fsp3) is 0.923. The highest BCUT2D eigenvalue weighted by Crippen LogP contribution is 2.21. The van der Waals surface area contributed by atoms with E-state index in [-0.39, 0.29) is 23.3 Å². The molecule has 1 saturated heterocycles. The third kappa shape index (κ3) is 4.64. The van der Waals surface area contributed by atoms with Gasteiger partial charge in [-0.05, 0) is 18.3 Å². The second-order valence-electron chi connectivity index (χ2n) is 5.72. The maximum absolute atomic E-state index is 11.9. The summed E-state index contributed by atoms with van der Waals surface area (Å²) in [4.78, 5) is 11.9. The number of ether oxygens (including phenoxy) is 2. The lowest BCUT2D eigenvalue weighted by molar-refractivity contribution is -0.128. The van der Waals surface area contributed by atoms with E-state index in [4.69, 9.17) is 9.47 Å². The average Bonchev–Trinajstić information content (AvgIpc) is 2.29. The van der Waals surface area contributed by atoms with Crippen molar-refractivity contribution in [3.63, 3.8) is 0 Å². The first kappa shape index (κ1) is 14.5. The summed E-state index contributed by atoms with van der Waals surface area (Å²) in [5.41, 5.74) is 0.0394. The van der Waals surface area contributed by atoms with Crippen LogP contribution in [0.5, 0.6) is 0 Å². The molecule has 0 aromatic heterocycles. The Morgan fingerprint density at radius 1 is 1.41 bits per heavy atom. The molecular weight excluding hydrogens is 218 g/mol. The van der Waals surface area contributed by atoms with Gasteiger partial charge in [0.1, 0.15) is 0 Å². The van der Waals surface area contributed by atoms with Gasteiger partial charge in [-0.15, -0.1) is 0 Å². The standard InChI is InChI=1S/C13H25NO3/c1-13(2,3)11(16-4)9-14-12(15)10-5-7-17-8-6-10/h10-11H,5-9H2,1-4H3,(H,14,15)/t11-/m1/s1. The van der Waals surface area contributed by atoms with Gasteiger partial charge in [-0.2, -0.15) is 0 Å². The molecule has 0 radical (unpaired) electrons. The van der Waals surface area contributed by atoms with E-state index in [0.717, 1.165) is 12.8 Å². The number of carbonyl (C=O) groups excluding carboxylic acids is 1. The van der Waals surface area contributed by atoms with Gasteiger partial charge in [-0.3, -0.25) is 4.79 Å². The maximum Gasteiger partial charge on any atom is 0.223 e. The molecule has 1 N–H and O–H groups in total. The lowest BCUT2D eigenvalue weighted by Crippen LogP contribution is -2.43. The van der Waals surface area contributed by atoms with Crippen molar-refractivity contribution in [1.82, 2.24) is 5.32 Å². The highest BCUT2D eigenvalue weighted by atomic mass is 16.5. The minimum atomic E-state index is 0.0394. The Morgan fingerprint density at radius 2 is 2.00 bits per heavy atom. The van der Waals surface area contributed by atoms with Crippen LogP contribution < -0.4 is 5.32 Å². The van der Waals surface area contributed by atoms with E-state index in [1.807, 2.05) is 0 Å². The minimum absolute atomic E-state index is 0.0394. The monoisotopic (exact) mass is 243 g/mol. The first-order chi connectivity index (χ1) is 7.95.